The van der Waals surface area contributed by atoms with Crippen molar-refractivity contribution in [3.05, 3.63) is 23.8 Å². The highest BCUT2D eigenvalue weighted by Crippen LogP contribution is 2.17. The number of anilines is 2. The second kappa shape index (κ2) is 6.10. The molecule has 1 aromatic rings. The van der Waals surface area contributed by atoms with Crippen molar-refractivity contribution in [1.29, 1.82) is 0 Å². The van der Waals surface area contributed by atoms with Gasteiger partial charge in [0, 0.05) is 24.5 Å². The number of hydrogen-bond donors (Lipinski definition) is 2. The molecular formula is C15H25N3. The molecule has 0 atom stereocenters. The van der Waals surface area contributed by atoms with Crippen LogP contribution < -0.4 is 11.1 Å². The van der Waals surface area contributed by atoms with E-state index >= 15 is 0 Å². The molecule has 3 N–H and O–H groups in total. The first kappa shape index (κ1) is 13.2. The number of nitrogens with two attached hydrogens (primary N) is 1. The number of likely N-dealkylation sites (tertiary alicyclic amines) is 1. The normalized spacial score (nSPS) is 17.9. The molecule has 100 valence electrons. The molecule has 0 unspecified atom stereocenters. The monoisotopic (exact) mass is 247 g/mol. The van der Waals surface area contributed by atoms with Crippen LogP contribution in [0.4, 0.5) is 11.4 Å². The molecule has 3 nitrogen and oxygen atoms in total. The molecule has 3 heteroatoms. The Morgan fingerprint density at radius 2 is 2.06 bits per heavy atom. The minimum Gasteiger partial charge on any atom is -0.398 e. The van der Waals surface area contributed by atoms with Crippen molar-refractivity contribution in [3.8, 4) is 0 Å². The van der Waals surface area contributed by atoms with Gasteiger partial charge in [-0.05, 0) is 56.5 Å². The Hall–Kier alpha value is -1.22. The van der Waals surface area contributed by atoms with E-state index in [2.05, 4.69) is 29.3 Å². The van der Waals surface area contributed by atoms with Crippen LogP contribution in [0.25, 0.3) is 0 Å². The lowest BCUT2D eigenvalue weighted by molar-refractivity contribution is 0.199. The Kier molecular flexibility index (Phi) is 4.48. The van der Waals surface area contributed by atoms with Gasteiger partial charge in [0.25, 0.3) is 0 Å². The smallest absolute Gasteiger partial charge is 0.0364 e. The maximum absolute atomic E-state index is 5.90. The predicted octanol–water partition coefficient (Wildman–Crippen LogP) is 2.72. The van der Waals surface area contributed by atoms with Crippen molar-refractivity contribution in [2.24, 2.45) is 5.92 Å². The van der Waals surface area contributed by atoms with Gasteiger partial charge in [0.15, 0.2) is 0 Å². The van der Waals surface area contributed by atoms with E-state index in [1.165, 1.54) is 25.9 Å². The van der Waals surface area contributed by atoms with Crippen LogP contribution in [-0.4, -0.2) is 31.1 Å². The maximum atomic E-state index is 5.90. The van der Waals surface area contributed by atoms with Crippen molar-refractivity contribution in [3.63, 3.8) is 0 Å². The summed E-state index contributed by atoms with van der Waals surface area (Å²) in [5.74, 6) is 0.908. The van der Waals surface area contributed by atoms with Crippen LogP contribution in [0.5, 0.6) is 0 Å². The average Bonchev–Trinajstić information content (AvgIpc) is 2.36. The Morgan fingerprint density at radius 3 is 2.72 bits per heavy atom. The number of hydrogen-bond acceptors (Lipinski definition) is 3. The lowest BCUT2D eigenvalue weighted by atomic mass is 9.99. The fraction of sp³-hybridized carbons (Fsp3) is 0.600. The summed E-state index contributed by atoms with van der Waals surface area (Å²) in [5.41, 5.74) is 9.04. The predicted molar refractivity (Wildman–Crippen MR) is 78.9 cm³/mol. The van der Waals surface area contributed by atoms with E-state index in [0.29, 0.717) is 0 Å². The van der Waals surface area contributed by atoms with Gasteiger partial charge in [0.2, 0.25) is 0 Å². The third-order valence-electron chi connectivity index (χ3n) is 3.91. The highest BCUT2D eigenvalue weighted by Gasteiger charge is 2.14. The zero-order valence-corrected chi connectivity index (χ0v) is 11.6. The number of nitrogens with one attached hydrogen (secondary N) is 1. The van der Waals surface area contributed by atoms with Crippen LogP contribution in [0.15, 0.2) is 18.2 Å². The van der Waals surface area contributed by atoms with Gasteiger partial charge in [0.05, 0.1) is 0 Å². The zero-order chi connectivity index (χ0) is 13.0. The summed E-state index contributed by atoms with van der Waals surface area (Å²) in [5, 5.41) is 3.45. The molecule has 1 heterocycles. The Labute approximate surface area is 110 Å². The molecule has 1 aliphatic heterocycles. The molecule has 1 aromatic carbocycles. The average molecular weight is 247 g/mol. The van der Waals surface area contributed by atoms with E-state index in [0.717, 1.165) is 35.9 Å². The summed E-state index contributed by atoms with van der Waals surface area (Å²) in [6.07, 6.45) is 2.69. The van der Waals surface area contributed by atoms with Crippen molar-refractivity contribution < 1.29 is 0 Å². The highest BCUT2D eigenvalue weighted by atomic mass is 15.1. The second-order valence-corrected chi connectivity index (χ2v) is 5.52. The molecule has 0 aromatic heterocycles. The van der Waals surface area contributed by atoms with Gasteiger partial charge in [-0.2, -0.15) is 0 Å². The summed E-state index contributed by atoms with van der Waals surface area (Å²) < 4.78 is 0. The van der Waals surface area contributed by atoms with Crippen LogP contribution >= 0.6 is 0 Å². The number of piperidine rings is 1. The standard InChI is InChI=1S/C15H25N3/c1-12-5-8-18(9-6-12)10-7-17-14-4-3-13(2)15(16)11-14/h3-4,11-12,17H,5-10,16H2,1-2H3. The molecule has 0 bridgehead atoms. The third kappa shape index (κ3) is 3.64. The summed E-state index contributed by atoms with van der Waals surface area (Å²) in [6, 6.07) is 6.19. The van der Waals surface area contributed by atoms with Crippen LogP contribution in [-0.2, 0) is 0 Å². The van der Waals surface area contributed by atoms with Gasteiger partial charge < -0.3 is 16.0 Å². The zero-order valence-electron chi connectivity index (χ0n) is 11.6. The first-order valence-electron chi connectivity index (χ1n) is 6.97. The Bertz CT molecular complexity index is 381. The molecule has 18 heavy (non-hydrogen) atoms. The number of nitrogens with zero attached hydrogens (tertiary/aromatic N) is 1. The summed E-state index contributed by atoms with van der Waals surface area (Å²) >= 11 is 0. The SMILES string of the molecule is Cc1ccc(NCCN2CCC(C)CC2)cc1N. The molecule has 1 aliphatic rings. The fourth-order valence-electron chi connectivity index (χ4n) is 2.39. The molecule has 1 fully saturated rings. The van der Waals surface area contributed by atoms with E-state index in [9.17, 15) is 0 Å². The molecule has 0 aliphatic carbocycles. The summed E-state index contributed by atoms with van der Waals surface area (Å²) in [6.45, 7) is 9.01. The first-order chi connectivity index (χ1) is 8.65. The quantitative estimate of drug-likeness (QED) is 0.804. The van der Waals surface area contributed by atoms with Gasteiger partial charge in [-0.15, -0.1) is 0 Å². The second-order valence-electron chi connectivity index (χ2n) is 5.52. The molecular weight excluding hydrogens is 222 g/mol. The molecule has 0 spiro atoms. The van der Waals surface area contributed by atoms with E-state index in [1.807, 2.05) is 13.0 Å². The molecule has 0 radical (unpaired) electrons. The van der Waals surface area contributed by atoms with E-state index in [1.54, 1.807) is 0 Å². The van der Waals surface area contributed by atoms with Gasteiger partial charge in [0.1, 0.15) is 0 Å². The molecule has 1 saturated heterocycles. The summed E-state index contributed by atoms with van der Waals surface area (Å²) in [7, 11) is 0. The number of nitrogen functional groups attached to an aromatic ring is 1. The Morgan fingerprint density at radius 1 is 1.33 bits per heavy atom. The lowest BCUT2D eigenvalue weighted by Crippen LogP contribution is -2.36. The lowest BCUT2D eigenvalue weighted by Gasteiger charge is -2.30. The van der Waals surface area contributed by atoms with Crippen molar-refractivity contribution in [1.82, 2.24) is 4.90 Å². The van der Waals surface area contributed by atoms with Crippen molar-refractivity contribution in [2.45, 2.75) is 26.7 Å². The van der Waals surface area contributed by atoms with Crippen LogP contribution in [0.3, 0.4) is 0 Å². The first-order valence-corrected chi connectivity index (χ1v) is 6.97. The molecule has 0 saturated carbocycles. The molecule has 2 rings (SSSR count). The largest absolute Gasteiger partial charge is 0.398 e. The number of benzene rings is 1. The van der Waals surface area contributed by atoms with E-state index in [4.69, 9.17) is 5.73 Å². The number of aryl methyl sites for hydroxylation is 1. The molecule has 0 amide bonds. The van der Waals surface area contributed by atoms with Crippen molar-refractivity contribution >= 4 is 11.4 Å². The van der Waals surface area contributed by atoms with Gasteiger partial charge in [-0.1, -0.05) is 13.0 Å². The van der Waals surface area contributed by atoms with Crippen LogP contribution in [0, 0.1) is 12.8 Å². The third-order valence-corrected chi connectivity index (χ3v) is 3.91. The Balaban J connectivity index is 1.73. The van der Waals surface area contributed by atoms with Crippen LogP contribution in [0.2, 0.25) is 0 Å². The topological polar surface area (TPSA) is 41.3 Å². The van der Waals surface area contributed by atoms with Gasteiger partial charge >= 0.3 is 0 Å². The minimum atomic E-state index is 0.867. The van der Waals surface area contributed by atoms with Crippen molar-refractivity contribution in [2.75, 3.05) is 37.2 Å². The highest BCUT2D eigenvalue weighted by molar-refractivity contribution is 5.58. The number of rotatable bonds is 4. The van der Waals surface area contributed by atoms with Gasteiger partial charge in [-0.25, -0.2) is 0 Å². The van der Waals surface area contributed by atoms with Crippen LogP contribution in [0.1, 0.15) is 25.3 Å². The van der Waals surface area contributed by atoms with E-state index in [-0.39, 0.29) is 0 Å². The van der Waals surface area contributed by atoms with Gasteiger partial charge in [-0.3, -0.25) is 0 Å². The van der Waals surface area contributed by atoms with E-state index < -0.39 is 0 Å². The maximum Gasteiger partial charge on any atom is 0.0364 e. The fourth-order valence-corrected chi connectivity index (χ4v) is 2.39. The minimum absolute atomic E-state index is 0.867. The summed E-state index contributed by atoms with van der Waals surface area (Å²) in [4.78, 5) is 2.55.